The number of hydrogen-bond donors (Lipinski definition) is 2. The average Bonchev–Trinajstić information content (AvgIpc) is 2.85. The summed E-state index contributed by atoms with van der Waals surface area (Å²) in [6.07, 6.45) is -0.640. The third kappa shape index (κ3) is 2.90. The summed E-state index contributed by atoms with van der Waals surface area (Å²) in [6, 6.07) is 14.9. The highest BCUT2D eigenvalue weighted by molar-refractivity contribution is 5.69. The molecule has 1 aliphatic rings. The molecule has 0 aromatic heterocycles. The largest absolute Gasteiger partial charge is 0.450 e. The van der Waals surface area contributed by atoms with Crippen LogP contribution < -0.4 is 20.1 Å². The highest BCUT2D eigenvalue weighted by Gasteiger charge is 2.44. The number of fused-ring (bicyclic) bond motifs is 1. The smallest absolute Gasteiger partial charge is 0.435 e. The number of hydrogen-bond acceptors (Lipinski definition) is 5. The lowest BCUT2D eigenvalue weighted by Crippen LogP contribution is -2.61. The number of carbonyl (C=O) groups is 1. The van der Waals surface area contributed by atoms with E-state index in [4.69, 9.17) is 14.2 Å². The summed E-state index contributed by atoms with van der Waals surface area (Å²) < 4.78 is 16.5. The van der Waals surface area contributed by atoms with Crippen molar-refractivity contribution >= 4 is 11.8 Å². The van der Waals surface area contributed by atoms with Crippen molar-refractivity contribution in [2.45, 2.75) is 13.0 Å². The van der Waals surface area contributed by atoms with Gasteiger partial charge in [-0.2, -0.15) is 0 Å². The van der Waals surface area contributed by atoms with Crippen molar-refractivity contribution in [2.75, 3.05) is 11.9 Å². The lowest BCUT2D eigenvalue weighted by Gasteiger charge is -2.28. The maximum Gasteiger partial charge on any atom is 0.435 e. The van der Waals surface area contributed by atoms with Gasteiger partial charge in [0.2, 0.25) is 0 Å². The van der Waals surface area contributed by atoms with Crippen LogP contribution in [0.4, 0.5) is 10.5 Å². The fourth-order valence-electron chi connectivity index (χ4n) is 2.10. The number of alkyl carbamates (subject to hydrolysis) is 1. The number of benzene rings is 2. The van der Waals surface area contributed by atoms with E-state index in [1.807, 2.05) is 42.5 Å². The minimum Gasteiger partial charge on any atom is -0.450 e. The van der Waals surface area contributed by atoms with E-state index in [0.717, 1.165) is 5.69 Å². The van der Waals surface area contributed by atoms with Gasteiger partial charge in [-0.15, -0.1) is 0 Å². The van der Waals surface area contributed by atoms with Crippen molar-refractivity contribution in [1.29, 1.82) is 0 Å². The molecule has 114 valence electrons. The number of para-hydroxylation sites is 3. The quantitative estimate of drug-likeness (QED) is 0.850. The van der Waals surface area contributed by atoms with Crippen molar-refractivity contribution < 1.29 is 19.0 Å². The molecular formula is C16H16N2O4. The predicted octanol–water partition coefficient (Wildman–Crippen LogP) is 2.93. The van der Waals surface area contributed by atoms with Crippen LogP contribution in [0, 0.1) is 0 Å². The van der Waals surface area contributed by atoms with E-state index < -0.39 is 12.1 Å². The third-order valence-corrected chi connectivity index (χ3v) is 2.98. The summed E-state index contributed by atoms with van der Waals surface area (Å²) in [4.78, 5) is 11.8. The summed E-state index contributed by atoms with van der Waals surface area (Å²) >= 11 is 0. The number of amides is 1. The zero-order chi connectivity index (χ0) is 15.4. The molecule has 0 saturated heterocycles. The zero-order valence-corrected chi connectivity index (χ0v) is 12.0. The molecule has 0 bridgehead atoms. The Morgan fingerprint density at radius 3 is 2.23 bits per heavy atom. The van der Waals surface area contributed by atoms with Crippen LogP contribution in [0.3, 0.4) is 0 Å². The lowest BCUT2D eigenvalue weighted by molar-refractivity contribution is -0.0769. The first kappa shape index (κ1) is 14.1. The Morgan fingerprint density at radius 1 is 1.05 bits per heavy atom. The molecule has 1 heterocycles. The van der Waals surface area contributed by atoms with Crippen LogP contribution in [-0.2, 0) is 4.74 Å². The minimum atomic E-state index is -1.54. The van der Waals surface area contributed by atoms with Crippen LogP contribution >= 0.6 is 0 Å². The molecule has 0 atom stereocenters. The van der Waals surface area contributed by atoms with Crippen molar-refractivity contribution in [2.24, 2.45) is 0 Å². The van der Waals surface area contributed by atoms with Crippen LogP contribution in [0.15, 0.2) is 54.6 Å². The summed E-state index contributed by atoms with van der Waals surface area (Å²) in [7, 11) is 0. The Kier molecular flexibility index (Phi) is 3.74. The number of carbonyl (C=O) groups excluding carboxylic acids is 1. The van der Waals surface area contributed by atoms with Gasteiger partial charge >= 0.3 is 12.1 Å². The average molecular weight is 300 g/mol. The van der Waals surface area contributed by atoms with E-state index in [1.165, 1.54) is 0 Å². The predicted molar refractivity (Wildman–Crippen MR) is 80.7 cm³/mol. The van der Waals surface area contributed by atoms with E-state index >= 15 is 0 Å². The molecule has 6 heteroatoms. The van der Waals surface area contributed by atoms with E-state index in [-0.39, 0.29) is 6.61 Å². The molecular weight excluding hydrogens is 284 g/mol. The summed E-state index contributed by atoms with van der Waals surface area (Å²) in [6.45, 7) is 1.97. The number of nitrogens with one attached hydrogen (secondary N) is 2. The fraction of sp³-hybridized carbons (Fsp3) is 0.188. The van der Waals surface area contributed by atoms with E-state index in [1.54, 1.807) is 19.1 Å². The van der Waals surface area contributed by atoms with E-state index in [9.17, 15) is 4.79 Å². The van der Waals surface area contributed by atoms with Crippen molar-refractivity contribution in [1.82, 2.24) is 5.32 Å². The summed E-state index contributed by atoms with van der Waals surface area (Å²) in [5.41, 5.74) is 0.729. The molecule has 3 rings (SSSR count). The molecule has 2 aromatic carbocycles. The number of ether oxygens (including phenoxy) is 3. The van der Waals surface area contributed by atoms with Crippen LogP contribution in [-0.4, -0.2) is 18.7 Å². The topological polar surface area (TPSA) is 68.8 Å². The van der Waals surface area contributed by atoms with Crippen LogP contribution in [0.2, 0.25) is 0 Å². The molecule has 1 aliphatic heterocycles. The number of anilines is 1. The summed E-state index contributed by atoms with van der Waals surface area (Å²) in [5, 5.41) is 5.61. The molecule has 0 fully saturated rings. The highest BCUT2D eigenvalue weighted by atomic mass is 16.8. The molecule has 22 heavy (non-hydrogen) atoms. The molecule has 6 nitrogen and oxygen atoms in total. The number of rotatable bonds is 4. The first-order valence-corrected chi connectivity index (χ1v) is 6.96. The second-order valence-electron chi connectivity index (χ2n) is 4.60. The van der Waals surface area contributed by atoms with Gasteiger partial charge in [-0.25, -0.2) is 10.1 Å². The molecule has 1 amide bonds. The van der Waals surface area contributed by atoms with Gasteiger partial charge < -0.3 is 14.2 Å². The molecule has 2 N–H and O–H groups in total. The monoisotopic (exact) mass is 300 g/mol. The first-order valence-electron chi connectivity index (χ1n) is 6.96. The van der Waals surface area contributed by atoms with Gasteiger partial charge in [0.25, 0.3) is 0 Å². The second kappa shape index (κ2) is 5.85. The van der Waals surface area contributed by atoms with Crippen LogP contribution in [0.5, 0.6) is 11.5 Å². The Hall–Kier alpha value is -2.89. The van der Waals surface area contributed by atoms with E-state index in [0.29, 0.717) is 11.5 Å². The lowest BCUT2D eigenvalue weighted by atomic mass is 10.3. The normalized spacial score (nSPS) is 14.2. The van der Waals surface area contributed by atoms with Gasteiger partial charge in [-0.05, 0) is 31.2 Å². The zero-order valence-electron chi connectivity index (χ0n) is 12.0. The van der Waals surface area contributed by atoms with Crippen molar-refractivity contribution in [3.05, 3.63) is 54.6 Å². The van der Waals surface area contributed by atoms with Gasteiger partial charge in [0.05, 0.1) is 6.61 Å². The molecule has 0 radical (unpaired) electrons. The van der Waals surface area contributed by atoms with E-state index in [2.05, 4.69) is 10.6 Å². The Morgan fingerprint density at radius 2 is 1.64 bits per heavy atom. The maximum absolute atomic E-state index is 11.8. The summed E-state index contributed by atoms with van der Waals surface area (Å²) in [5.74, 6) is 1.06. The van der Waals surface area contributed by atoms with Gasteiger partial charge in [0.15, 0.2) is 11.5 Å². The maximum atomic E-state index is 11.8. The van der Waals surface area contributed by atoms with Crippen molar-refractivity contribution in [3.63, 3.8) is 0 Å². The Balaban J connectivity index is 1.86. The highest BCUT2D eigenvalue weighted by Crippen LogP contribution is 2.38. The first-order chi connectivity index (χ1) is 10.7. The molecule has 0 saturated carbocycles. The molecule has 0 aliphatic carbocycles. The molecule has 0 unspecified atom stereocenters. The van der Waals surface area contributed by atoms with Crippen LogP contribution in [0.1, 0.15) is 6.92 Å². The fourth-order valence-corrected chi connectivity index (χ4v) is 2.10. The van der Waals surface area contributed by atoms with Crippen molar-refractivity contribution in [3.8, 4) is 11.5 Å². The van der Waals surface area contributed by atoms with Gasteiger partial charge in [0.1, 0.15) is 0 Å². The second-order valence-corrected chi connectivity index (χ2v) is 4.60. The minimum absolute atomic E-state index is 0.250. The molecule has 0 spiro atoms. The third-order valence-electron chi connectivity index (χ3n) is 2.98. The van der Waals surface area contributed by atoms with Crippen LogP contribution in [0.25, 0.3) is 0 Å². The van der Waals surface area contributed by atoms with Gasteiger partial charge in [-0.3, -0.25) is 5.32 Å². The Labute approximate surface area is 128 Å². The van der Waals surface area contributed by atoms with Gasteiger partial charge in [-0.1, -0.05) is 30.3 Å². The SMILES string of the molecule is CCOC(=O)NC1(Nc2ccccc2)Oc2ccccc2O1. The molecule has 2 aromatic rings. The Bertz CT molecular complexity index is 635. The van der Waals surface area contributed by atoms with Gasteiger partial charge in [0, 0.05) is 5.69 Å². The standard InChI is InChI=1S/C16H16N2O4/c1-2-20-15(19)18-16(17-12-8-4-3-5-9-12)21-13-10-6-7-11-14(13)22-16/h3-11,17H,2H2,1H3,(H,18,19).